The van der Waals surface area contributed by atoms with E-state index in [1.54, 1.807) is 0 Å². The van der Waals surface area contributed by atoms with Gasteiger partial charge in [-0.25, -0.2) is 9.97 Å². The fraction of sp³-hybridized carbons (Fsp3) is 0.182. The molecule has 0 aliphatic heterocycles. The number of benzene rings is 2. The fourth-order valence-corrected chi connectivity index (χ4v) is 3.92. The number of aromatic nitrogens is 4. The molecule has 152 valence electrons. The Morgan fingerprint density at radius 1 is 1.03 bits per heavy atom. The summed E-state index contributed by atoms with van der Waals surface area (Å²) < 4.78 is 5.48. The Morgan fingerprint density at radius 2 is 1.73 bits per heavy atom. The van der Waals surface area contributed by atoms with Gasteiger partial charge in [-0.15, -0.1) is 11.3 Å². The molecule has 0 aliphatic rings. The van der Waals surface area contributed by atoms with E-state index in [1.165, 1.54) is 11.3 Å². The fourth-order valence-electron chi connectivity index (χ4n) is 2.95. The molecule has 0 saturated carbocycles. The van der Waals surface area contributed by atoms with Crippen LogP contribution in [0.2, 0.25) is 0 Å². The van der Waals surface area contributed by atoms with Crippen molar-refractivity contribution in [2.45, 2.75) is 20.8 Å². The summed E-state index contributed by atoms with van der Waals surface area (Å²) in [6.45, 7) is 6.27. The molecule has 0 spiro atoms. The number of rotatable bonds is 6. The third kappa shape index (κ3) is 4.23. The minimum Gasteiger partial charge on any atom is -0.494 e. The van der Waals surface area contributed by atoms with Crippen LogP contribution in [0.5, 0.6) is 5.75 Å². The molecule has 0 saturated heterocycles. The van der Waals surface area contributed by atoms with E-state index in [0.29, 0.717) is 28.7 Å². The Bertz CT molecular complexity index is 1160. The third-order valence-corrected chi connectivity index (χ3v) is 5.62. The van der Waals surface area contributed by atoms with Crippen molar-refractivity contribution >= 4 is 22.9 Å². The van der Waals surface area contributed by atoms with Crippen molar-refractivity contribution in [1.82, 2.24) is 20.2 Å². The molecule has 8 heteroatoms. The van der Waals surface area contributed by atoms with E-state index in [-0.39, 0.29) is 5.91 Å². The van der Waals surface area contributed by atoms with Crippen LogP contribution >= 0.6 is 11.3 Å². The van der Waals surface area contributed by atoms with Crippen LogP contribution in [0.25, 0.3) is 22.0 Å². The van der Waals surface area contributed by atoms with Crippen LogP contribution in [-0.4, -0.2) is 32.7 Å². The average Bonchev–Trinajstić information content (AvgIpc) is 3.35. The molecule has 2 aromatic carbocycles. The molecule has 1 amide bonds. The van der Waals surface area contributed by atoms with Crippen molar-refractivity contribution in [3.63, 3.8) is 0 Å². The van der Waals surface area contributed by atoms with Crippen LogP contribution in [0.15, 0.2) is 48.5 Å². The first-order chi connectivity index (χ1) is 14.5. The predicted molar refractivity (Wildman–Crippen MR) is 118 cm³/mol. The van der Waals surface area contributed by atoms with Crippen LogP contribution in [0.4, 0.5) is 5.69 Å². The molecule has 0 aliphatic carbocycles. The molecule has 7 nitrogen and oxygen atoms in total. The molecular formula is C22H21N5O2S. The molecule has 0 radical (unpaired) electrons. The monoisotopic (exact) mass is 419 g/mol. The lowest BCUT2D eigenvalue weighted by Crippen LogP contribution is -2.11. The van der Waals surface area contributed by atoms with Crippen molar-refractivity contribution in [2.24, 2.45) is 0 Å². The topological polar surface area (TPSA) is 92.8 Å². The Labute approximate surface area is 178 Å². The Kier molecular flexibility index (Phi) is 5.58. The summed E-state index contributed by atoms with van der Waals surface area (Å²) in [5, 5.41) is 10.7. The lowest BCUT2D eigenvalue weighted by atomic mass is 10.2. The second kappa shape index (κ2) is 8.46. The zero-order chi connectivity index (χ0) is 21.1. The van der Waals surface area contributed by atoms with Crippen LogP contribution in [0.1, 0.15) is 28.1 Å². The van der Waals surface area contributed by atoms with Gasteiger partial charge >= 0.3 is 0 Å². The van der Waals surface area contributed by atoms with Gasteiger partial charge in [0.15, 0.2) is 5.82 Å². The maximum absolute atomic E-state index is 12.8. The van der Waals surface area contributed by atoms with Gasteiger partial charge < -0.3 is 10.1 Å². The highest BCUT2D eigenvalue weighted by molar-refractivity contribution is 7.17. The number of hydrogen-bond acceptors (Lipinski definition) is 6. The van der Waals surface area contributed by atoms with Crippen LogP contribution in [0.3, 0.4) is 0 Å². The van der Waals surface area contributed by atoms with Gasteiger partial charge in [-0.05, 0) is 69.3 Å². The molecule has 2 heterocycles. The molecule has 30 heavy (non-hydrogen) atoms. The van der Waals surface area contributed by atoms with E-state index < -0.39 is 0 Å². The number of carbonyl (C=O) groups is 1. The number of H-pyrrole nitrogens is 1. The summed E-state index contributed by atoms with van der Waals surface area (Å²) in [5.41, 5.74) is 3.24. The summed E-state index contributed by atoms with van der Waals surface area (Å²) in [6, 6.07) is 15.2. The minimum absolute atomic E-state index is 0.177. The lowest BCUT2D eigenvalue weighted by Gasteiger charge is -2.04. The van der Waals surface area contributed by atoms with E-state index in [0.717, 1.165) is 27.7 Å². The van der Waals surface area contributed by atoms with Gasteiger partial charge in [-0.3, -0.25) is 9.89 Å². The zero-order valence-corrected chi connectivity index (χ0v) is 17.7. The van der Waals surface area contributed by atoms with Crippen molar-refractivity contribution < 1.29 is 9.53 Å². The van der Waals surface area contributed by atoms with Gasteiger partial charge in [0.2, 0.25) is 0 Å². The highest BCUT2D eigenvalue weighted by atomic mass is 32.1. The second-order valence-corrected chi connectivity index (χ2v) is 7.67. The first-order valence-corrected chi connectivity index (χ1v) is 10.4. The summed E-state index contributed by atoms with van der Waals surface area (Å²) >= 11 is 1.37. The normalized spacial score (nSPS) is 10.8. The van der Waals surface area contributed by atoms with E-state index in [4.69, 9.17) is 4.74 Å². The summed E-state index contributed by atoms with van der Waals surface area (Å²) in [4.78, 5) is 22.3. The molecule has 0 unspecified atom stereocenters. The maximum atomic E-state index is 12.8. The number of aromatic amines is 1. The van der Waals surface area contributed by atoms with E-state index in [9.17, 15) is 4.79 Å². The van der Waals surface area contributed by atoms with Crippen molar-refractivity contribution in [1.29, 1.82) is 0 Å². The minimum atomic E-state index is -0.177. The highest BCUT2D eigenvalue weighted by Gasteiger charge is 2.17. The maximum Gasteiger partial charge on any atom is 0.267 e. The van der Waals surface area contributed by atoms with Crippen LogP contribution in [0, 0.1) is 13.8 Å². The Morgan fingerprint density at radius 3 is 2.37 bits per heavy atom. The third-order valence-electron chi connectivity index (χ3n) is 4.41. The molecule has 0 fully saturated rings. The standard InChI is InChI=1S/C22H21N5O2S/c1-4-29-18-11-7-16(8-12-18)22-23-13(2)19(30-22)21(28)25-17-9-5-15(6-10-17)20-24-14(3)26-27-20/h5-12H,4H2,1-3H3,(H,25,28)(H,24,26,27). The second-order valence-electron chi connectivity index (χ2n) is 6.67. The number of thiazole rings is 1. The lowest BCUT2D eigenvalue weighted by molar-refractivity contribution is 0.103. The predicted octanol–water partition coefficient (Wildman–Crippen LogP) is 4.86. The van der Waals surface area contributed by atoms with Gasteiger partial charge in [0.1, 0.15) is 21.5 Å². The van der Waals surface area contributed by atoms with Gasteiger partial charge in [0, 0.05) is 16.8 Å². The Hall–Kier alpha value is -3.52. The molecule has 2 N–H and O–H groups in total. The summed E-state index contributed by atoms with van der Waals surface area (Å²) in [7, 11) is 0. The van der Waals surface area contributed by atoms with E-state index in [1.807, 2.05) is 69.3 Å². The number of nitrogens with zero attached hydrogens (tertiary/aromatic N) is 3. The van der Waals surface area contributed by atoms with Crippen molar-refractivity contribution in [3.05, 3.63) is 64.9 Å². The number of nitrogens with one attached hydrogen (secondary N) is 2. The number of amides is 1. The first-order valence-electron chi connectivity index (χ1n) is 9.55. The molecular weight excluding hydrogens is 398 g/mol. The molecule has 2 aromatic heterocycles. The molecule has 4 aromatic rings. The number of carbonyl (C=O) groups excluding carboxylic acids is 1. The highest BCUT2D eigenvalue weighted by Crippen LogP contribution is 2.30. The number of ether oxygens (including phenoxy) is 1. The SMILES string of the molecule is CCOc1ccc(-c2nc(C)c(C(=O)Nc3ccc(-c4n[nH]c(C)n4)cc3)s2)cc1. The number of aryl methyl sites for hydroxylation is 2. The number of anilines is 1. The number of hydrogen-bond donors (Lipinski definition) is 2. The quantitative estimate of drug-likeness (QED) is 0.465. The van der Waals surface area contributed by atoms with Crippen molar-refractivity contribution in [2.75, 3.05) is 11.9 Å². The molecule has 0 bridgehead atoms. The average molecular weight is 420 g/mol. The summed E-state index contributed by atoms with van der Waals surface area (Å²) in [5.74, 6) is 2.02. The van der Waals surface area contributed by atoms with Gasteiger partial charge in [0.25, 0.3) is 5.91 Å². The summed E-state index contributed by atoms with van der Waals surface area (Å²) in [6.07, 6.45) is 0. The van der Waals surface area contributed by atoms with Crippen molar-refractivity contribution in [3.8, 4) is 27.7 Å². The van der Waals surface area contributed by atoms with Crippen LogP contribution in [-0.2, 0) is 0 Å². The first kappa shape index (κ1) is 19.8. The zero-order valence-electron chi connectivity index (χ0n) is 16.9. The molecule has 4 rings (SSSR count). The smallest absolute Gasteiger partial charge is 0.267 e. The van der Waals surface area contributed by atoms with E-state index in [2.05, 4.69) is 25.5 Å². The van der Waals surface area contributed by atoms with Crippen LogP contribution < -0.4 is 10.1 Å². The van der Waals surface area contributed by atoms with Gasteiger partial charge in [-0.2, -0.15) is 5.10 Å². The van der Waals surface area contributed by atoms with Gasteiger partial charge in [-0.1, -0.05) is 0 Å². The van der Waals surface area contributed by atoms with Gasteiger partial charge in [0.05, 0.1) is 12.3 Å². The van der Waals surface area contributed by atoms with E-state index >= 15 is 0 Å². The Balaban J connectivity index is 1.48. The molecule has 0 atom stereocenters. The largest absolute Gasteiger partial charge is 0.494 e.